The molecule has 0 aliphatic carbocycles. The van der Waals surface area contributed by atoms with Crippen LogP contribution in [0.4, 0.5) is 5.69 Å². The first-order valence-electron chi connectivity index (χ1n) is 5.65. The molecule has 0 atom stereocenters. The zero-order valence-electron chi connectivity index (χ0n) is 10.1. The molecule has 1 saturated heterocycles. The van der Waals surface area contributed by atoms with Crippen LogP contribution in [0.25, 0.3) is 0 Å². The van der Waals surface area contributed by atoms with Gasteiger partial charge in [-0.3, -0.25) is 4.72 Å². The number of hydrogen-bond acceptors (Lipinski definition) is 4. The first-order chi connectivity index (χ1) is 8.50. The molecule has 7 heteroatoms. The molecule has 2 N–H and O–H groups in total. The van der Waals surface area contributed by atoms with Gasteiger partial charge in [0.25, 0.3) is 0 Å². The number of phenols is 1. The monoisotopic (exact) mass is 272 g/mol. The zero-order chi connectivity index (χ0) is 13.2. The predicted octanol–water partition coefficient (Wildman–Crippen LogP) is 0.690. The molecule has 0 radical (unpaired) electrons. The highest BCUT2D eigenvalue weighted by molar-refractivity contribution is 7.90. The van der Waals surface area contributed by atoms with Gasteiger partial charge in [-0.1, -0.05) is 6.07 Å². The summed E-state index contributed by atoms with van der Waals surface area (Å²) in [5.41, 5.74) is 0.899. The minimum atomic E-state index is -3.58. The van der Waals surface area contributed by atoms with Gasteiger partial charge in [0.15, 0.2) is 0 Å². The van der Waals surface area contributed by atoms with E-state index in [-0.39, 0.29) is 5.75 Å². The molecule has 0 unspecified atom stereocenters. The molecule has 18 heavy (non-hydrogen) atoms. The second kappa shape index (κ2) is 5.13. The summed E-state index contributed by atoms with van der Waals surface area (Å²) in [5, 5.41) is 9.54. The molecule has 1 fully saturated rings. The van der Waals surface area contributed by atoms with Crippen molar-refractivity contribution in [3.05, 3.63) is 23.8 Å². The third-order valence-corrected chi connectivity index (χ3v) is 4.38. The van der Waals surface area contributed by atoms with Crippen molar-refractivity contribution in [2.75, 3.05) is 31.0 Å². The molecule has 2 rings (SSSR count). The molecule has 0 spiro atoms. The van der Waals surface area contributed by atoms with Crippen molar-refractivity contribution in [1.29, 1.82) is 0 Å². The molecule has 6 nitrogen and oxygen atoms in total. The van der Waals surface area contributed by atoms with Crippen LogP contribution in [-0.4, -0.2) is 44.1 Å². The summed E-state index contributed by atoms with van der Waals surface area (Å²) < 4.78 is 33.1. The minimum absolute atomic E-state index is 0.0668. The summed E-state index contributed by atoms with van der Waals surface area (Å²) in [4.78, 5) is 0. The molecular weight excluding hydrogens is 256 g/mol. The largest absolute Gasteiger partial charge is 0.508 e. The van der Waals surface area contributed by atoms with Gasteiger partial charge < -0.3 is 9.84 Å². The van der Waals surface area contributed by atoms with Crippen LogP contribution >= 0.6 is 0 Å². The van der Waals surface area contributed by atoms with E-state index in [0.717, 1.165) is 0 Å². The quantitative estimate of drug-likeness (QED) is 0.848. The van der Waals surface area contributed by atoms with Crippen LogP contribution in [0.1, 0.15) is 5.56 Å². The normalized spacial score (nSPS) is 17.6. The highest BCUT2D eigenvalue weighted by atomic mass is 32.2. The third kappa shape index (κ3) is 2.74. The summed E-state index contributed by atoms with van der Waals surface area (Å²) in [6.07, 6.45) is 0. The van der Waals surface area contributed by atoms with E-state index < -0.39 is 10.2 Å². The topological polar surface area (TPSA) is 78.9 Å². The summed E-state index contributed by atoms with van der Waals surface area (Å²) >= 11 is 0. The van der Waals surface area contributed by atoms with Crippen LogP contribution < -0.4 is 4.72 Å². The minimum Gasteiger partial charge on any atom is -0.508 e. The average Bonchev–Trinajstić information content (AvgIpc) is 2.36. The Kier molecular flexibility index (Phi) is 3.74. The maximum Gasteiger partial charge on any atom is 0.301 e. The van der Waals surface area contributed by atoms with E-state index in [0.29, 0.717) is 37.6 Å². The number of nitrogens with one attached hydrogen (secondary N) is 1. The Morgan fingerprint density at radius 1 is 1.33 bits per heavy atom. The van der Waals surface area contributed by atoms with Crippen molar-refractivity contribution in [2.45, 2.75) is 6.92 Å². The fourth-order valence-corrected chi connectivity index (χ4v) is 2.98. The lowest BCUT2D eigenvalue weighted by molar-refractivity contribution is 0.0733. The van der Waals surface area contributed by atoms with Crippen molar-refractivity contribution in [3.63, 3.8) is 0 Å². The number of phenolic OH excluding ortho intramolecular Hbond substituents is 1. The summed E-state index contributed by atoms with van der Waals surface area (Å²) in [5.74, 6) is 0.0668. The lowest BCUT2D eigenvalue weighted by atomic mass is 10.2. The lowest BCUT2D eigenvalue weighted by Crippen LogP contribution is -2.43. The van der Waals surface area contributed by atoms with Gasteiger partial charge in [0.2, 0.25) is 0 Å². The Morgan fingerprint density at radius 2 is 2.00 bits per heavy atom. The Labute approximate surface area is 106 Å². The van der Waals surface area contributed by atoms with E-state index in [9.17, 15) is 13.5 Å². The number of benzene rings is 1. The highest BCUT2D eigenvalue weighted by Gasteiger charge is 2.24. The number of ether oxygens (including phenoxy) is 1. The number of anilines is 1. The van der Waals surface area contributed by atoms with Gasteiger partial charge in [0.1, 0.15) is 5.75 Å². The molecule has 100 valence electrons. The SMILES string of the molecule is Cc1c(O)cccc1NS(=O)(=O)N1CCOCC1. The Bertz CT molecular complexity index is 524. The van der Waals surface area contributed by atoms with Crippen LogP contribution in [-0.2, 0) is 14.9 Å². The molecule has 1 aliphatic heterocycles. The van der Waals surface area contributed by atoms with E-state index >= 15 is 0 Å². The van der Waals surface area contributed by atoms with Crippen molar-refractivity contribution >= 4 is 15.9 Å². The van der Waals surface area contributed by atoms with Gasteiger partial charge in [-0.25, -0.2) is 0 Å². The number of hydrogen-bond donors (Lipinski definition) is 2. The molecule has 1 heterocycles. The van der Waals surface area contributed by atoms with E-state index in [1.54, 1.807) is 19.1 Å². The van der Waals surface area contributed by atoms with E-state index in [2.05, 4.69) is 4.72 Å². The molecule has 0 saturated carbocycles. The van der Waals surface area contributed by atoms with Gasteiger partial charge in [-0.05, 0) is 19.1 Å². The second-order valence-corrected chi connectivity index (χ2v) is 5.74. The highest BCUT2D eigenvalue weighted by Crippen LogP contribution is 2.25. The number of nitrogens with zero attached hydrogens (tertiary/aromatic N) is 1. The van der Waals surface area contributed by atoms with Crippen molar-refractivity contribution < 1.29 is 18.3 Å². The van der Waals surface area contributed by atoms with Crippen molar-refractivity contribution in [2.24, 2.45) is 0 Å². The molecule has 0 bridgehead atoms. The third-order valence-electron chi connectivity index (χ3n) is 2.85. The van der Waals surface area contributed by atoms with Crippen LogP contribution in [0.2, 0.25) is 0 Å². The molecular formula is C11H16N2O4S. The van der Waals surface area contributed by atoms with Crippen LogP contribution in [0.3, 0.4) is 0 Å². The molecule has 1 aromatic rings. The van der Waals surface area contributed by atoms with Crippen LogP contribution in [0.5, 0.6) is 5.75 Å². The Balaban J connectivity index is 2.19. The Morgan fingerprint density at radius 3 is 2.67 bits per heavy atom. The van der Waals surface area contributed by atoms with Crippen LogP contribution in [0, 0.1) is 6.92 Å². The lowest BCUT2D eigenvalue weighted by Gasteiger charge is -2.26. The smallest absolute Gasteiger partial charge is 0.301 e. The van der Waals surface area contributed by atoms with E-state index in [4.69, 9.17) is 4.74 Å². The number of rotatable bonds is 3. The predicted molar refractivity (Wildman–Crippen MR) is 67.8 cm³/mol. The molecule has 0 amide bonds. The fraction of sp³-hybridized carbons (Fsp3) is 0.455. The summed E-state index contributed by atoms with van der Waals surface area (Å²) in [6, 6.07) is 4.73. The van der Waals surface area contributed by atoms with Gasteiger partial charge in [0.05, 0.1) is 18.9 Å². The van der Waals surface area contributed by atoms with Crippen molar-refractivity contribution in [1.82, 2.24) is 4.31 Å². The van der Waals surface area contributed by atoms with Crippen LogP contribution in [0.15, 0.2) is 18.2 Å². The second-order valence-electron chi connectivity index (χ2n) is 4.07. The first kappa shape index (κ1) is 13.1. The number of morpholine rings is 1. The maximum absolute atomic E-state index is 12.1. The van der Waals surface area contributed by atoms with E-state index in [1.807, 2.05) is 0 Å². The van der Waals surface area contributed by atoms with Crippen molar-refractivity contribution in [3.8, 4) is 5.75 Å². The average molecular weight is 272 g/mol. The fourth-order valence-electron chi connectivity index (χ4n) is 1.72. The van der Waals surface area contributed by atoms with Gasteiger partial charge in [-0.15, -0.1) is 0 Å². The zero-order valence-corrected chi connectivity index (χ0v) is 10.9. The Hall–Kier alpha value is -1.31. The first-order valence-corrected chi connectivity index (χ1v) is 7.09. The molecule has 1 aromatic carbocycles. The van der Waals surface area contributed by atoms with Gasteiger partial charge in [-0.2, -0.15) is 12.7 Å². The van der Waals surface area contributed by atoms with Gasteiger partial charge in [0, 0.05) is 18.7 Å². The summed E-state index contributed by atoms with van der Waals surface area (Å²) in [6.45, 7) is 3.15. The molecule has 0 aromatic heterocycles. The standard InChI is InChI=1S/C11H16N2O4S/c1-9-10(3-2-4-11(9)14)12-18(15,16)13-5-7-17-8-6-13/h2-4,12,14H,5-8H2,1H3. The maximum atomic E-state index is 12.1. The van der Waals surface area contributed by atoms with E-state index in [1.165, 1.54) is 10.4 Å². The van der Waals surface area contributed by atoms with Gasteiger partial charge >= 0.3 is 10.2 Å². The summed E-state index contributed by atoms with van der Waals surface area (Å²) in [7, 11) is -3.58. The number of aromatic hydroxyl groups is 1. The molecule has 1 aliphatic rings.